The van der Waals surface area contributed by atoms with Gasteiger partial charge in [-0.1, -0.05) is 32.9 Å². The van der Waals surface area contributed by atoms with Crippen LogP contribution >= 0.6 is 0 Å². The van der Waals surface area contributed by atoms with Crippen LogP contribution in [-0.2, 0) is 4.79 Å². The average Bonchev–Trinajstić information content (AvgIpc) is 2.45. The average molecular weight is 298 g/mol. The maximum absolute atomic E-state index is 12.2. The van der Waals surface area contributed by atoms with Crippen LogP contribution in [-0.4, -0.2) is 21.9 Å². The first-order chi connectivity index (χ1) is 10.3. The molecule has 2 aromatic rings. The first-order valence-electron chi connectivity index (χ1n) is 7.24. The summed E-state index contributed by atoms with van der Waals surface area (Å²) in [6.07, 6.45) is 1.72. The van der Waals surface area contributed by atoms with Crippen LogP contribution in [0.4, 0.5) is 5.69 Å². The van der Waals surface area contributed by atoms with Crippen molar-refractivity contribution in [3.63, 3.8) is 0 Å². The number of nitrogens with zero attached hydrogens (tertiary/aromatic N) is 2. The Morgan fingerprint density at radius 1 is 1.27 bits per heavy atom. The van der Waals surface area contributed by atoms with Crippen molar-refractivity contribution in [2.24, 2.45) is 11.1 Å². The van der Waals surface area contributed by atoms with E-state index in [9.17, 15) is 4.79 Å². The topological polar surface area (TPSA) is 80.9 Å². The Labute approximate surface area is 131 Å². The molecule has 1 atom stereocenters. The Morgan fingerprint density at radius 3 is 2.64 bits per heavy atom. The smallest absolute Gasteiger partial charge is 0.241 e. The molecule has 1 heterocycles. The van der Waals surface area contributed by atoms with E-state index >= 15 is 0 Å². The number of carbonyl (C=O) groups is 1. The van der Waals surface area contributed by atoms with Crippen LogP contribution in [0, 0.1) is 12.3 Å². The zero-order valence-electron chi connectivity index (χ0n) is 13.4. The van der Waals surface area contributed by atoms with Crippen molar-refractivity contribution >= 4 is 11.6 Å². The number of nitrogens with one attached hydrogen (secondary N) is 1. The molecule has 0 unspecified atom stereocenters. The highest BCUT2D eigenvalue weighted by atomic mass is 16.2. The number of aryl methyl sites for hydroxylation is 1. The first-order valence-corrected chi connectivity index (χ1v) is 7.24. The van der Waals surface area contributed by atoms with E-state index < -0.39 is 6.04 Å². The second kappa shape index (κ2) is 6.23. The lowest BCUT2D eigenvalue weighted by atomic mass is 9.87. The Balaban J connectivity index is 2.21. The number of nitrogens with two attached hydrogens (primary N) is 1. The van der Waals surface area contributed by atoms with Gasteiger partial charge in [-0.05, 0) is 30.5 Å². The third-order valence-corrected chi connectivity index (χ3v) is 3.42. The molecular weight excluding hydrogens is 276 g/mol. The van der Waals surface area contributed by atoms with Gasteiger partial charge in [0.2, 0.25) is 5.91 Å². The van der Waals surface area contributed by atoms with Gasteiger partial charge in [-0.15, -0.1) is 0 Å². The molecule has 0 aliphatic rings. The molecular formula is C17H22N4O. The van der Waals surface area contributed by atoms with E-state index in [4.69, 9.17) is 5.73 Å². The van der Waals surface area contributed by atoms with Gasteiger partial charge < -0.3 is 11.1 Å². The fourth-order valence-electron chi connectivity index (χ4n) is 1.99. The van der Waals surface area contributed by atoms with E-state index in [1.807, 2.05) is 58.0 Å². The summed E-state index contributed by atoms with van der Waals surface area (Å²) in [4.78, 5) is 20.7. The maximum Gasteiger partial charge on any atom is 0.241 e. The van der Waals surface area contributed by atoms with Crippen molar-refractivity contribution in [3.8, 4) is 11.3 Å². The molecule has 0 fully saturated rings. The summed E-state index contributed by atoms with van der Waals surface area (Å²) in [5, 5.41) is 2.87. The molecule has 5 nitrogen and oxygen atoms in total. The molecule has 3 N–H and O–H groups in total. The van der Waals surface area contributed by atoms with Gasteiger partial charge in [0.05, 0.1) is 11.7 Å². The van der Waals surface area contributed by atoms with E-state index in [-0.39, 0.29) is 11.3 Å². The summed E-state index contributed by atoms with van der Waals surface area (Å²) in [6.45, 7) is 7.67. The van der Waals surface area contributed by atoms with Gasteiger partial charge in [-0.25, -0.2) is 9.97 Å². The van der Waals surface area contributed by atoms with Gasteiger partial charge in [0, 0.05) is 17.4 Å². The monoisotopic (exact) mass is 298 g/mol. The van der Waals surface area contributed by atoms with Crippen LogP contribution < -0.4 is 11.1 Å². The highest BCUT2D eigenvalue weighted by Gasteiger charge is 2.27. The molecule has 0 bridgehead atoms. The number of hydrogen-bond donors (Lipinski definition) is 2. The van der Waals surface area contributed by atoms with E-state index in [1.54, 1.807) is 6.20 Å². The maximum atomic E-state index is 12.2. The van der Waals surface area contributed by atoms with Crippen molar-refractivity contribution in [2.45, 2.75) is 33.7 Å². The fraction of sp³-hybridized carbons (Fsp3) is 0.353. The molecule has 5 heteroatoms. The quantitative estimate of drug-likeness (QED) is 0.913. The third-order valence-electron chi connectivity index (χ3n) is 3.42. The molecule has 116 valence electrons. The zero-order valence-corrected chi connectivity index (χ0v) is 13.4. The minimum Gasteiger partial charge on any atom is -0.325 e. The van der Waals surface area contributed by atoms with Gasteiger partial charge in [0.25, 0.3) is 0 Å². The molecule has 0 radical (unpaired) electrons. The summed E-state index contributed by atoms with van der Waals surface area (Å²) in [5.41, 5.74) is 8.15. The minimum atomic E-state index is -0.572. The molecule has 1 aromatic heterocycles. The van der Waals surface area contributed by atoms with Crippen molar-refractivity contribution in [1.82, 2.24) is 9.97 Å². The van der Waals surface area contributed by atoms with Crippen molar-refractivity contribution in [3.05, 3.63) is 42.4 Å². The van der Waals surface area contributed by atoms with Gasteiger partial charge >= 0.3 is 0 Å². The van der Waals surface area contributed by atoms with Crippen molar-refractivity contribution in [1.29, 1.82) is 0 Å². The summed E-state index contributed by atoms with van der Waals surface area (Å²) in [7, 11) is 0. The molecule has 22 heavy (non-hydrogen) atoms. The molecule has 0 saturated carbocycles. The van der Waals surface area contributed by atoms with Crippen LogP contribution in [0.5, 0.6) is 0 Å². The van der Waals surface area contributed by atoms with E-state index in [1.165, 1.54) is 0 Å². The predicted molar refractivity (Wildman–Crippen MR) is 88.3 cm³/mol. The van der Waals surface area contributed by atoms with Gasteiger partial charge in [-0.2, -0.15) is 0 Å². The number of aromatic nitrogens is 2. The molecule has 2 rings (SSSR count). The van der Waals surface area contributed by atoms with Crippen LogP contribution in [0.3, 0.4) is 0 Å². The largest absolute Gasteiger partial charge is 0.325 e. The van der Waals surface area contributed by atoms with Crippen molar-refractivity contribution in [2.75, 3.05) is 5.32 Å². The van der Waals surface area contributed by atoms with Gasteiger partial charge in [0.15, 0.2) is 0 Å². The Morgan fingerprint density at radius 2 is 2.00 bits per heavy atom. The highest BCUT2D eigenvalue weighted by Crippen LogP contribution is 2.22. The summed E-state index contributed by atoms with van der Waals surface area (Å²) in [5.74, 6) is 0.519. The molecule has 0 spiro atoms. The van der Waals surface area contributed by atoms with Crippen LogP contribution in [0.15, 0.2) is 36.5 Å². The van der Waals surface area contributed by atoms with Crippen LogP contribution in [0.1, 0.15) is 26.6 Å². The van der Waals surface area contributed by atoms with E-state index in [0.29, 0.717) is 11.5 Å². The highest BCUT2D eigenvalue weighted by molar-refractivity contribution is 5.95. The second-order valence-corrected chi connectivity index (χ2v) is 6.40. The van der Waals surface area contributed by atoms with Crippen LogP contribution in [0.25, 0.3) is 11.3 Å². The molecule has 0 aliphatic carbocycles. The summed E-state index contributed by atoms with van der Waals surface area (Å²) in [6, 6.07) is 8.82. The molecule has 0 aliphatic heterocycles. The Kier molecular flexibility index (Phi) is 4.56. The fourth-order valence-corrected chi connectivity index (χ4v) is 1.99. The SMILES string of the molecule is Cc1nccc(-c2cccc(NC(=O)[C@@H](N)C(C)(C)C)c2)n1. The van der Waals surface area contributed by atoms with Crippen molar-refractivity contribution < 1.29 is 4.79 Å². The lowest BCUT2D eigenvalue weighted by Gasteiger charge is -2.25. The van der Waals surface area contributed by atoms with E-state index in [0.717, 1.165) is 11.3 Å². The number of hydrogen-bond acceptors (Lipinski definition) is 4. The second-order valence-electron chi connectivity index (χ2n) is 6.40. The first kappa shape index (κ1) is 16.1. The summed E-state index contributed by atoms with van der Waals surface area (Å²) < 4.78 is 0. The summed E-state index contributed by atoms with van der Waals surface area (Å²) >= 11 is 0. The lowest BCUT2D eigenvalue weighted by molar-refractivity contribution is -0.119. The third kappa shape index (κ3) is 3.89. The number of benzene rings is 1. The van der Waals surface area contributed by atoms with E-state index in [2.05, 4.69) is 15.3 Å². The minimum absolute atomic E-state index is 0.191. The number of amides is 1. The zero-order chi connectivity index (χ0) is 16.3. The van der Waals surface area contributed by atoms with Crippen LogP contribution in [0.2, 0.25) is 0 Å². The number of anilines is 1. The predicted octanol–water partition coefficient (Wildman–Crippen LogP) is 2.76. The standard InChI is InChI=1S/C17H22N4O/c1-11-19-9-8-14(20-11)12-6-5-7-13(10-12)21-16(22)15(18)17(2,3)4/h5-10,15H,18H2,1-4H3,(H,21,22)/t15-/m1/s1. The number of carbonyl (C=O) groups excluding carboxylic acids is 1. The lowest BCUT2D eigenvalue weighted by Crippen LogP contribution is -2.45. The van der Waals surface area contributed by atoms with Gasteiger partial charge in [0.1, 0.15) is 5.82 Å². The molecule has 1 amide bonds. The normalized spacial score (nSPS) is 12.8. The Bertz CT molecular complexity index is 676. The Hall–Kier alpha value is -2.27. The van der Waals surface area contributed by atoms with Gasteiger partial charge in [-0.3, -0.25) is 4.79 Å². The number of rotatable bonds is 3. The molecule has 1 aromatic carbocycles. The molecule has 0 saturated heterocycles.